The number of benzene rings is 1. The Balaban J connectivity index is 1.64. The maximum atomic E-state index is 12.6. The molecule has 124 valence electrons. The molecule has 0 spiro atoms. The Kier molecular flexibility index (Phi) is 5.16. The van der Waals surface area contributed by atoms with Gasteiger partial charge in [-0.1, -0.05) is 35.9 Å². The molecule has 0 atom stereocenters. The SMILES string of the molecule is Cc1ccc(CN2CCCN(S(=O)(=O)c3cccs3)CC2)cc1. The summed E-state index contributed by atoms with van der Waals surface area (Å²) >= 11 is 1.29. The second-order valence-corrected chi connectivity index (χ2v) is 9.06. The van der Waals surface area contributed by atoms with Crippen LogP contribution in [-0.4, -0.2) is 43.8 Å². The Bertz CT molecular complexity index is 724. The van der Waals surface area contributed by atoms with Gasteiger partial charge in [-0.2, -0.15) is 4.31 Å². The molecular formula is C17H22N2O2S2. The van der Waals surface area contributed by atoms with Crippen molar-refractivity contribution in [3.05, 3.63) is 52.9 Å². The fourth-order valence-electron chi connectivity index (χ4n) is 2.83. The minimum atomic E-state index is -3.32. The first kappa shape index (κ1) is 16.6. The first-order chi connectivity index (χ1) is 11.1. The van der Waals surface area contributed by atoms with Crippen LogP contribution in [0.15, 0.2) is 46.0 Å². The summed E-state index contributed by atoms with van der Waals surface area (Å²) in [5.41, 5.74) is 2.54. The number of aryl methyl sites for hydroxylation is 1. The van der Waals surface area contributed by atoms with Gasteiger partial charge in [-0.05, 0) is 36.9 Å². The van der Waals surface area contributed by atoms with Crippen LogP contribution in [0, 0.1) is 6.92 Å². The smallest absolute Gasteiger partial charge is 0.252 e. The van der Waals surface area contributed by atoms with Gasteiger partial charge in [-0.15, -0.1) is 11.3 Å². The van der Waals surface area contributed by atoms with E-state index in [1.54, 1.807) is 16.4 Å². The van der Waals surface area contributed by atoms with E-state index in [0.29, 0.717) is 17.3 Å². The Hall–Kier alpha value is -1.21. The summed E-state index contributed by atoms with van der Waals surface area (Å²) in [4.78, 5) is 2.34. The van der Waals surface area contributed by atoms with Crippen LogP contribution in [0.5, 0.6) is 0 Å². The normalized spacial score (nSPS) is 18.0. The standard InChI is InChI=1S/C17H22N2O2S2/c1-15-5-7-16(8-6-15)14-18-9-3-10-19(12-11-18)23(20,21)17-4-2-13-22-17/h2,4-8,13H,3,9-12,14H2,1H3. The zero-order valence-corrected chi connectivity index (χ0v) is 14.9. The molecular weight excluding hydrogens is 328 g/mol. The molecule has 1 fully saturated rings. The fraction of sp³-hybridized carbons (Fsp3) is 0.412. The van der Waals surface area contributed by atoms with Gasteiger partial charge in [0.15, 0.2) is 0 Å². The molecule has 2 aromatic rings. The van der Waals surface area contributed by atoms with Gasteiger partial charge >= 0.3 is 0 Å². The molecule has 0 radical (unpaired) electrons. The topological polar surface area (TPSA) is 40.6 Å². The molecule has 23 heavy (non-hydrogen) atoms. The Morgan fingerprint density at radius 2 is 1.83 bits per heavy atom. The summed E-state index contributed by atoms with van der Waals surface area (Å²) < 4.78 is 27.3. The summed E-state index contributed by atoms with van der Waals surface area (Å²) in [5, 5.41) is 1.81. The van der Waals surface area contributed by atoms with Crippen molar-refractivity contribution in [1.82, 2.24) is 9.21 Å². The van der Waals surface area contributed by atoms with Crippen molar-refractivity contribution in [1.29, 1.82) is 0 Å². The summed E-state index contributed by atoms with van der Waals surface area (Å²) in [6.07, 6.45) is 0.871. The Morgan fingerprint density at radius 3 is 2.52 bits per heavy atom. The molecule has 6 heteroatoms. The average molecular weight is 351 g/mol. The number of sulfonamides is 1. The number of nitrogens with zero attached hydrogens (tertiary/aromatic N) is 2. The van der Waals surface area contributed by atoms with Gasteiger partial charge in [-0.3, -0.25) is 4.90 Å². The van der Waals surface area contributed by atoms with E-state index in [4.69, 9.17) is 0 Å². The first-order valence-corrected chi connectivity index (χ1v) is 10.2. The monoisotopic (exact) mass is 350 g/mol. The number of rotatable bonds is 4. The molecule has 0 saturated carbocycles. The van der Waals surface area contributed by atoms with Gasteiger partial charge in [0, 0.05) is 26.2 Å². The molecule has 0 bridgehead atoms. The van der Waals surface area contributed by atoms with Crippen LogP contribution >= 0.6 is 11.3 Å². The Morgan fingerprint density at radius 1 is 1.04 bits per heavy atom. The molecule has 0 N–H and O–H groups in total. The quantitative estimate of drug-likeness (QED) is 0.851. The van der Waals surface area contributed by atoms with Crippen molar-refractivity contribution in [2.24, 2.45) is 0 Å². The predicted octanol–water partition coefficient (Wildman–Crippen LogP) is 2.95. The van der Waals surface area contributed by atoms with Crippen molar-refractivity contribution >= 4 is 21.4 Å². The number of hydrogen-bond donors (Lipinski definition) is 0. The van der Waals surface area contributed by atoms with E-state index in [9.17, 15) is 8.42 Å². The third kappa shape index (κ3) is 4.01. The maximum Gasteiger partial charge on any atom is 0.252 e. The van der Waals surface area contributed by atoms with Crippen molar-refractivity contribution in [2.75, 3.05) is 26.2 Å². The van der Waals surface area contributed by atoms with E-state index in [-0.39, 0.29) is 0 Å². The zero-order chi connectivity index (χ0) is 16.3. The molecule has 0 unspecified atom stereocenters. The van der Waals surface area contributed by atoms with Crippen molar-refractivity contribution in [3.8, 4) is 0 Å². The molecule has 4 nitrogen and oxygen atoms in total. The van der Waals surface area contributed by atoms with Crippen LogP contribution in [-0.2, 0) is 16.6 Å². The highest BCUT2D eigenvalue weighted by Gasteiger charge is 2.27. The molecule has 0 amide bonds. The fourth-order valence-corrected chi connectivity index (χ4v) is 5.45. The van der Waals surface area contributed by atoms with Gasteiger partial charge in [0.2, 0.25) is 0 Å². The van der Waals surface area contributed by atoms with Crippen LogP contribution in [0.2, 0.25) is 0 Å². The number of hydrogen-bond acceptors (Lipinski definition) is 4. The van der Waals surface area contributed by atoms with Gasteiger partial charge < -0.3 is 0 Å². The largest absolute Gasteiger partial charge is 0.298 e. The zero-order valence-electron chi connectivity index (χ0n) is 13.3. The van der Waals surface area contributed by atoms with E-state index in [1.807, 2.05) is 5.38 Å². The lowest BCUT2D eigenvalue weighted by Crippen LogP contribution is -2.34. The van der Waals surface area contributed by atoms with Gasteiger partial charge in [0.1, 0.15) is 4.21 Å². The van der Waals surface area contributed by atoms with Crippen molar-refractivity contribution in [2.45, 2.75) is 24.1 Å². The predicted molar refractivity (Wildman–Crippen MR) is 94.2 cm³/mol. The third-order valence-electron chi connectivity index (χ3n) is 4.16. The van der Waals surface area contributed by atoms with Crippen LogP contribution in [0.4, 0.5) is 0 Å². The summed E-state index contributed by atoms with van der Waals surface area (Å²) in [5.74, 6) is 0. The lowest BCUT2D eigenvalue weighted by atomic mass is 10.1. The molecule has 3 rings (SSSR count). The van der Waals surface area contributed by atoms with Crippen molar-refractivity contribution < 1.29 is 8.42 Å². The molecule has 1 aliphatic rings. The highest BCUT2D eigenvalue weighted by Crippen LogP contribution is 2.22. The highest BCUT2D eigenvalue weighted by molar-refractivity contribution is 7.91. The van der Waals surface area contributed by atoms with E-state index >= 15 is 0 Å². The van der Waals surface area contributed by atoms with Crippen molar-refractivity contribution in [3.63, 3.8) is 0 Å². The van der Waals surface area contributed by atoms with E-state index in [0.717, 1.165) is 26.1 Å². The summed E-state index contributed by atoms with van der Waals surface area (Å²) in [6.45, 7) is 5.84. The minimum Gasteiger partial charge on any atom is -0.298 e. The number of thiophene rings is 1. The second-order valence-electron chi connectivity index (χ2n) is 5.95. The highest BCUT2D eigenvalue weighted by atomic mass is 32.2. The Labute approximate surface area is 142 Å². The summed E-state index contributed by atoms with van der Waals surface area (Å²) in [6, 6.07) is 12.0. The van der Waals surface area contributed by atoms with Gasteiger partial charge in [-0.25, -0.2) is 8.42 Å². The molecule has 1 aromatic carbocycles. The molecule has 1 aromatic heterocycles. The lowest BCUT2D eigenvalue weighted by molar-refractivity contribution is 0.278. The summed E-state index contributed by atoms with van der Waals surface area (Å²) in [7, 11) is -3.32. The first-order valence-electron chi connectivity index (χ1n) is 7.87. The third-order valence-corrected chi connectivity index (χ3v) is 7.44. The maximum absolute atomic E-state index is 12.6. The van der Waals surface area contributed by atoms with Crippen LogP contribution in [0.3, 0.4) is 0 Å². The lowest BCUT2D eigenvalue weighted by Gasteiger charge is -2.21. The average Bonchev–Trinajstić information content (AvgIpc) is 2.98. The van der Waals surface area contributed by atoms with Gasteiger partial charge in [0.25, 0.3) is 10.0 Å². The van der Waals surface area contributed by atoms with E-state index in [1.165, 1.54) is 22.5 Å². The van der Waals surface area contributed by atoms with Crippen LogP contribution in [0.1, 0.15) is 17.5 Å². The second kappa shape index (κ2) is 7.13. The molecule has 2 heterocycles. The minimum absolute atomic E-state index is 0.449. The van der Waals surface area contributed by atoms with E-state index in [2.05, 4.69) is 36.1 Å². The van der Waals surface area contributed by atoms with Crippen LogP contribution in [0.25, 0.3) is 0 Å². The van der Waals surface area contributed by atoms with Crippen LogP contribution < -0.4 is 0 Å². The molecule has 1 saturated heterocycles. The molecule has 1 aliphatic heterocycles. The van der Waals surface area contributed by atoms with Gasteiger partial charge in [0.05, 0.1) is 0 Å². The van der Waals surface area contributed by atoms with E-state index < -0.39 is 10.0 Å². The molecule has 0 aliphatic carbocycles.